The minimum absolute atomic E-state index is 0.0493. The first-order valence-electron chi connectivity index (χ1n) is 8.00. The van der Waals surface area contributed by atoms with Crippen molar-refractivity contribution >= 4 is 11.6 Å². The van der Waals surface area contributed by atoms with Gasteiger partial charge in [-0.2, -0.15) is 13.2 Å². The van der Waals surface area contributed by atoms with Crippen LogP contribution in [-0.2, 0) is 12.6 Å². The molecule has 1 aromatic heterocycles. The van der Waals surface area contributed by atoms with Gasteiger partial charge < -0.3 is 9.88 Å². The number of aromatic nitrogens is 2. The van der Waals surface area contributed by atoms with Crippen molar-refractivity contribution in [3.05, 3.63) is 77.9 Å². The lowest BCUT2D eigenvalue weighted by atomic mass is 10.1. The lowest BCUT2D eigenvalue weighted by Gasteiger charge is -2.10. The molecule has 0 fully saturated rings. The number of hydrogen-bond donors (Lipinski definition) is 1. The summed E-state index contributed by atoms with van der Waals surface area (Å²) in [6, 6.07) is 11.3. The zero-order chi connectivity index (χ0) is 18.7. The number of nitrogens with one attached hydrogen (secondary N) is 1. The number of hydrogen-bond acceptors (Lipinski definition) is 2. The third-order valence-corrected chi connectivity index (χ3v) is 3.89. The molecule has 0 spiro atoms. The van der Waals surface area contributed by atoms with Crippen LogP contribution < -0.4 is 5.32 Å². The summed E-state index contributed by atoms with van der Waals surface area (Å²) in [5.41, 5.74) is 0.477. The molecule has 3 rings (SSSR count). The third kappa shape index (κ3) is 3.77. The number of halogens is 3. The predicted molar refractivity (Wildman–Crippen MR) is 92.3 cm³/mol. The van der Waals surface area contributed by atoms with Crippen LogP contribution >= 0.6 is 0 Å². The number of nitrogens with zero attached hydrogens (tertiary/aromatic N) is 2. The molecule has 0 aliphatic heterocycles. The number of carbonyl (C=O) groups is 1. The van der Waals surface area contributed by atoms with E-state index >= 15 is 0 Å². The zero-order valence-electron chi connectivity index (χ0n) is 13.9. The quantitative estimate of drug-likeness (QED) is 0.734. The molecule has 1 heterocycles. The van der Waals surface area contributed by atoms with Crippen molar-refractivity contribution in [2.24, 2.45) is 0 Å². The van der Waals surface area contributed by atoms with Crippen LogP contribution in [0.5, 0.6) is 0 Å². The SMILES string of the molecule is CCc1nccn1-c1ccc(NC(=O)c2cccc(C(F)(F)F)c2)cc1. The van der Waals surface area contributed by atoms with Gasteiger partial charge in [-0.05, 0) is 42.5 Å². The van der Waals surface area contributed by atoms with Gasteiger partial charge in [0, 0.05) is 35.8 Å². The molecule has 0 saturated heterocycles. The molecular formula is C19H16F3N3O. The van der Waals surface area contributed by atoms with Gasteiger partial charge in [0.05, 0.1) is 5.56 Å². The van der Waals surface area contributed by atoms with Gasteiger partial charge in [0.2, 0.25) is 0 Å². The standard InChI is InChI=1S/C19H16F3N3O/c1-2-17-23-10-11-25(17)16-8-6-15(7-9-16)24-18(26)13-4-3-5-14(12-13)19(20,21)22/h3-12H,2H2,1H3,(H,24,26). The molecule has 4 nitrogen and oxygen atoms in total. The number of amides is 1. The summed E-state index contributed by atoms with van der Waals surface area (Å²) in [6.07, 6.45) is -0.155. The van der Waals surface area contributed by atoms with Crippen molar-refractivity contribution in [2.75, 3.05) is 5.32 Å². The highest BCUT2D eigenvalue weighted by atomic mass is 19.4. The molecule has 0 aliphatic rings. The van der Waals surface area contributed by atoms with Crippen LogP contribution in [0.4, 0.5) is 18.9 Å². The molecule has 134 valence electrons. The Kier molecular flexibility index (Phi) is 4.79. The number of rotatable bonds is 4. The van der Waals surface area contributed by atoms with Crippen LogP contribution in [0.25, 0.3) is 5.69 Å². The maximum Gasteiger partial charge on any atom is 0.416 e. The van der Waals surface area contributed by atoms with E-state index in [4.69, 9.17) is 0 Å². The molecule has 0 saturated carbocycles. The minimum Gasteiger partial charge on any atom is -0.322 e. The fourth-order valence-electron chi connectivity index (χ4n) is 2.58. The Balaban J connectivity index is 1.76. The van der Waals surface area contributed by atoms with Crippen LogP contribution in [0, 0.1) is 0 Å². The Morgan fingerprint density at radius 1 is 1.15 bits per heavy atom. The molecule has 0 radical (unpaired) electrons. The highest BCUT2D eigenvalue weighted by Gasteiger charge is 2.30. The van der Waals surface area contributed by atoms with Gasteiger partial charge in [0.1, 0.15) is 5.82 Å². The summed E-state index contributed by atoms with van der Waals surface area (Å²) in [5, 5.41) is 2.61. The second kappa shape index (κ2) is 7.03. The van der Waals surface area contributed by atoms with Crippen LogP contribution in [0.3, 0.4) is 0 Å². The van der Waals surface area contributed by atoms with Crippen molar-refractivity contribution in [2.45, 2.75) is 19.5 Å². The summed E-state index contributed by atoms with van der Waals surface area (Å²) in [4.78, 5) is 16.5. The number of anilines is 1. The highest BCUT2D eigenvalue weighted by molar-refractivity contribution is 6.04. The third-order valence-electron chi connectivity index (χ3n) is 3.89. The molecule has 2 aromatic carbocycles. The largest absolute Gasteiger partial charge is 0.416 e. The van der Waals surface area contributed by atoms with E-state index in [2.05, 4.69) is 10.3 Å². The average Bonchev–Trinajstić information content (AvgIpc) is 3.10. The van der Waals surface area contributed by atoms with Crippen LogP contribution in [-0.4, -0.2) is 15.5 Å². The Labute approximate surface area is 148 Å². The van der Waals surface area contributed by atoms with Gasteiger partial charge >= 0.3 is 6.18 Å². The molecule has 7 heteroatoms. The van der Waals surface area contributed by atoms with Gasteiger partial charge in [-0.3, -0.25) is 4.79 Å². The minimum atomic E-state index is -4.49. The normalized spacial score (nSPS) is 11.4. The maximum absolute atomic E-state index is 12.8. The highest BCUT2D eigenvalue weighted by Crippen LogP contribution is 2.29. The van der Waals surface area contributed by atoms with Gasteiger partial charge in [-0.1, -0.05) is 13.0 Å². The van der Waals surface area contributed by atoms with Crippen molar-refractivity contribution < 1.29 is 18.0 Å². The summed E-state index contributed by atoms with van der Waals surface area (Å²) < 4.78 is 40.2. The maximum atomic E-state index is 12.8. The van der Waals surface area contributed by atoms with Crippen molar-refractivity contribution in [1.29, 1.82) is 0 Å². The van der Waals surface area contributed by atoms with Gasteiger partial charge in [0.25, 0.3) is 5.91 Å². The van der Waals surface area contributed by atoms with E-state index in [0.717, 1.165) is 30.1 Å². The number of aryl methyl sites for hydroxylation is 1. The van der Waals surface area contributed by atoms with Crippen LogP contribution in [0.2, 0.25) is 0 Å². The van der Waals surface area contributed by atoms with Crippen molar-refractivity contribution in [3.63, 3.8) is 0 Å². The topological polar surface area (TPSA) is 46.9 Å². The molecule has 1 N–H and O–H groups in total. The Bertz CT molecular complexity index is 914. The lowest BCUT2D eigenvalue weighted by molar-refractivity contribution is -0.137. The summed E-state index contributed by atoms with van der Waals surface area (Å²) in [6.45, 7) is 2.00. The van der Waals surface area contributed by atoms with Crippen molar-refractivity contribution in [3.8, 4) is 5.69 Å². The Hall–Kier alpha value is -3.09. The smallest absolute Gasteiger partial charge is 0.322 e. The van der Waals surface area contributed by atoms with Gasteiger partial charge in [0.15, 0.2) is 0 Å². The van der Waals surface area contributed by atoms with Crippen LogP contribution in [0.15, 0.2) is 60.9 Å². The van der Waals surface area contributed by atoms with Crippen LogP contribution in [0.1, 0.15) is 28.7 Å². The summed E-state index contributed by atoms with van der Waals surface area (Å²) in [5.74, 6) is 0.312. The monoisotopic (exact) mass is 359 g/mol. The van der Waals surface area contributed by atoms with Gasteiger partial charge in [-0.15, -0.1) is 0 Å². The van der Waals surface area contributed by atoms with E-state index in [0.29, 0.717) is 5.69 Å². The molecule has 1 amide bonds. The zero-order valence-corrected chi connectivity index (χ0v) is 13.9. The molecule has 0 bridgehead atoms. The lowest BCUT2D eigenvalue weighted by Crippen LogP contribution is -2.14. The number of imidazole rings is 1. The van der Waals surface area contributed by atoms with E-state index in [-0.39, 0.29) is 5.56 Å². The Morgan fingerprint density at radius 2 is 1.88 bits per heavy atom. The molecule has 26 heavy (non-hydrogen) atoms. The van der Waals surface area contributed by atoms with E-state index in [1.54, 1.807) is 18.3 Å². The summed E-state index contributed by atoms with van der Waals surface area (Å²) >= 11 is 0. The average molecular weight is 359 g/mol. The van der Waals surface area contributed by atoms with Gasteiger partial charge in [-0.25, -0.2) is 4.98 Å². The van der Waals surface area contributed by atoms with E-state index < -0.39 is 17.6 Å². The number of carbonyl (C=O) groups excluding carboxylic acids is 1. The number of benzene rings is 2. The Morgan fingerprint density at radius 3 is 2.54 bits per heavy atom. The van der Waals surface area contributed by atoms with E-state index in [9.17, 15) is 18.0 Å². The first-order valence-corrected chi connectivity index (χ1v) is 8.00. The predicted octanol–water partition coefficient (Wildman–Crippen LogP) is 4.71. The van der Waals surface area contributed by atoms with E-state index in [1.807, 2.05) is 29.8 Å². The molecular weight excluding hydrogens is 343 g/mol. The van der Waals surface area contributed by atoms with Crippen molar-refractivity contribution in [1.82, 2.24) is 9.55 Å². The van der Waals surface area contributed by atoms with E-state index in [1.165, 1.54) is 12.1 Å². The molecule has 0 aliphatic carbocycles. The fraction of sp³-hybridized carbons (Fsp3) is 0.158. The molecule has 3 aromatic rings. The second-order valence-corrected chi connectivity index (χ2v) is 5.65. The fourth-order valence-corrected chi connectivity index (χ4v) is 2.58. The first kappa shape index (κ1) is 17.7. The molecule has 0 atom stereocenters. The first-order chi connectivity index (χ1) is 12.4. The number of alkyl halides is 3. The summed E-state index contributed by atoms with van der Waals surface area (Å²) in [7, 11) is 0. The second-order valence-electron chi connectivity index (χ2n) is 5.65. The molecule has 0 unspecified atom stereocenters.